The molecule has 0 N–H and O–H groups in total. The fraction of sp³-hybridized carbons (Fsp3) is 0.250. The molecule has 0 saturated carbocycles. The predicted octanol–water partition coefficient (Wildman–Crippen LogP) is 4.15. The summed E-state index contributed by atoms with van der Waals surface area (Å²) in [5.74, 6) is 0. The Kier molecular flexibility index (Phi) is 3.64. The quantitative estimate of drug-likeness (QED) is 0.664. The topological polar surface area (TPSA) is 12.4 Å². The van der Waals surface area contributed by atoms with Gasteiger partial charge in [-0.1, -0.05) is 12.7 Å². The van der Waals surface area contributed by atoms with Crippen LogP contribution in [0.3, 0.4) is 0 Å². The van der Waals surface area contributed by atoms with Crippen LogP contribution in [-0.4, -0.2) is 5.71 Å². The zero-order chi connectivity index (χ0) is 10.7. The molecule has 2 heteroatoms. The summed E-state index contributed by atoms with van der Waals surface area (Å²) in [6, 6.07) is 0. The molecule has 0 spiro atoms. The van der Waals surface area contributed by atoms with Crippen LogP contribution in [0.5, 0.6) is 0 Å². The second kappa shape index (κ2) is 4.56. The van der Waals surface area contributed by atoms with E-state index in [0.717, 1.165) is 15.8 Å². The lowest BCUT2D eigenvalue weighted by atomic mass is 9.95. The van der Waals surface area contributed by atoms with Crippen molar-refractivity contribution in [1.82, 2.24) is 0 Å². The van der Waals surface area contributed by atoms with Gasteiger partial charge in [0.15, 0.2) is 0 Å². The Balaban J connectivity index is 3.33. The minimum atomic E-state index is 0.964. The third kappa shape index (κ3) is 1.95. The zero-order valence-electron chi connectivity index (χ0n) is 8.76. The average Bonchev–Trinajstić information content (AvgIpc) is 2.19. The Morgan fingerprint density at radius 1 is 1.43 bits per heavy atom. The lowest BCUT2D eigenvalue weighted by molar-refractivity contribution is 1.31. The highest BCUT2D eigenvalue weighted by atomic mass is 79.9. The van der Waals surface area contributed by atoms with Gasteiger partial charge in [-0.25, -0.2) is 0 Å². The second-order valence-electron chi connectivity index (χ2n) is 3.17. The molecule has 0 amide bonds. The van der Waals surface area contributed by atoms with Gasteiger partial charge in [0.05, 0.1) is 5.71 Å². The van der Waals surface area contributed by atoms with E-state index >= 15 is 0 Å². The second-order valence-corrected chi connectivity index (χ2v) is 3.96. The number of hydrogen-bond acceptors (Lipinski definition) is 1. The highest BCUT2D eigenvalue weighted by Gasteiger charge is 2.16. The van der Waals surface area contributed by atoms with Crippen LogP contribution in [0.15, 0.2) is 51.1 Å². The van der Waals surface area contributed by atoms with E-state index in [-0.39, 0.29) is 0 Å². The summed E-state index contributed by atoms with van der Waals surface area (Å²) in [4.78, 5) is 4.26. The smallest absolute Gasteiger partial charge is 0.0843 e. The first kappa shape index (κ1) is 11.2. The van der Waals surface area contributed by atoms with Gasteiger partial charge >= 0.3 is 0 Å². The van der Waals surface area contributed by atoms with E-state index in [0.29, 0.717) is 0 Å². The lowest BCUT2D eigenvalue weighted by Gasteiger charge is -2.16. The van der Waals surface area contributed by atoms with Gasteiger partial charge in [-0.05, 0) is 59.5 Å². The largest absolute Gasteiger partial charge is 0.256 e. The van der Waals surface area contributed by atoms with Crippen LogP contribution in [-0.2, 0) is 0 Å². The Bertz CT molecular complexity index is 381. The van der Waals surface area contributed by atoms with E-state index in [2.05, 4.69) is 53.5 Å². The van der Waals surface area contributed by atoms with Crippen molar-refractivity contribution in [2.45, 2.75) is 20.8 Å². The molecule has 0 aromatic carbocycles. The Morgan fingerprint density at radius 3 is 2.57 bits per heavy atom. The highest BCUT2D eigenvalue weighted by molar-refractivity contribution is 9.12. The summed E-state index contributed by atoms with van der Waals surface area (Å²) < 4.78 is 1.06. The monoisotopic (exact) mass is 251 g/mol. The van der Waals surface area contributed by atoms with E-state index in [1.807, 2.05) is 6.92 Å². The highest BCUT2D eigenvalue weighted by Crippen LogP contribution is 2.30. The molecule has 0 atom stereocenters. The molecule has 0 radical (unpaired) electrons. The Labute approximate surface area is 93.8 Å². The summed E-state index contributed by atoms with van der Waals surface area (Å²) >= 11 is 3.56. The van der Waals surface area contributed by atoms with Crippen LogP contribution < -0.4 is 0 Å². The summed E-state index contributed by atoms with van der Waals surface area (Å²) in [6.45, 7) is 9.82. The van der Waals surface area contributed by atoms with E-state index in [1.54, 1.807) is 6.20 Å². The van der Waals surface area contributed by atoms with Gasteiger partial charge < -0.3 is 0 Å². The van der Waals surface area contributed by atoms with Crippen molar-refractivity contribution in [2.75, 3.05) is 0 Å². The molecule has 0 unspecified atom stereocenters. The van der Waals surface area contributed by atoms with E-state index < -0.39 is 0 Å². The van der Waals surface area contributed by atoms with Crippen LogP contribution >= 0.6 is 15.9 Å². The van der Waals surface area contributed by atoms with Crippen LogP contribution in [0.25, 0.3) is 0 Å². The molecule has 0 heterocycles. The van der Waals surface area contributed by atoms with Gasteiger partial charge in [0.1, 0.15) is 0 Å². The van der Waals surface area contributed by atoms with Crippen molar-refractivity contribution in [1.29, 1.82) is 0 Å². The van der Waals surface area contributed by atoms with Gasteiger partial charge in [-0.2, -0.15) is 0 Å². The maximum absolute atomic E-state index is 4.26. The number of halogens is 1. The minimum absolute atomic E-state index is 0.964. The van der Waals surface area contributed by atoms with Crippen molar-refractivity contribution in [3.8, 4) is 0 Å². The molecule has 0 aliphatic heterocycles. The van der Waals surface area contributed by atoms with Gasteiger partial charge in [0.2, 0.25) is 0 Å². The summed E-state index contributed by atoms with van der Waals surface area (Å²) in [5, 5.41) is 0. The van der Waals surface area contributed by atoms with Crippen molar-refractivity contribution >= 4 is 21.6 Å². The zero-order valence-corrected chi connectivity index (χ0v) is 10.4. The van der Waals surface area contributed by atoms with E-state index in [1.165, 1.54) is 11.1 Å². The SMILES string of the molecule is C=CN=C1C(Br)=C(C)C(C)=C/C1=C/C. The van der Waals surface area contributed by atoms with Crippen LogP contribution in [0.2, 0.25) is 0 Å². The minimum Gasteiger partial charge on any atom is -0.256 e. The predicted molar refractivity (Wildman–Crippen MR) is 66.8 cm³/mol. The standard InChI is InChI=1S/C12H14BrN/c1-5-10-7-8(3)9(4)11(13)12(10)14-6-2/h5-7H,2H2,1,3-4H3/b10-5-,14-12?. The fourth-order valence-electron chi connectivity index (χ4n) is 1.33. The molecule has 1 aliphatic carbocycles. The molecule has 1 aliphatic rings. The van der Waals surface area contributed by atoms with Crippen LogP contribution in [0.4, 0.5) is 0 Å². The molecule has 14 heavy (non-hydrogen) atoms. The molecule has 0 aromatic rings. The first-order chi connectivity index (χ1) is 6.61. The number of rotatable bonds is 1. The van der Waals surface area contributed by atoms with E-state index in [9.17, 15) is 0 Å². The Hall–Kier alpha value is -0.890. The summed E-state index contributed by atoms with van der Waals surface area (Å²) in [6.07, 6.45) is 5.77. The maximum atomic E-state index is 4.26. The fourth-order valence-corrected chi connectivity index (χ4v) is 1.97. The molecule has 1 nitrogen and oxygen atoms in total. The number of nitrogens with zero attached hydrogens (tertiary/aromatic N) is 1. The van der Waals surface area contributed by atoms with Crippen molar-refractivity contribution in [3.05, 3.63) is 46.1 Å². The Morgan fingerprint density at radius 2 is 2.07 bits per heavy atom. The molecule has 0 bridgehead atoms. The first-order valence-corrected chi connectivity index (χ1v) is 5.32. The van der Waals surface area contributed by atoms with Gasteiger partial charge in [-0.3, -0.25) is 4.99 Å². The summed E-state index contributed by atoms with van der Waals surface area (Å²) in [7, 11) is 0. The number of allylic oxidation sites excluding steroid dienone is 6. The van der Waals surface area contributed by atoms with Crippen molar-refractivity contribution in [2.24, 2.45) is 4.99 Å². The third-order valence-electron chi connectivity index (χ3n) is 2.31. The molecular formula is C12H14BrN. The van der Waals surface area contributed by atoms with Gasteiger partial charge in [0.25, 0.3) is 0 Å². The van der Waals surface area contributed by atoms with E-state index in [4.69, 9.17) is 0 Å². The number of aliphatic imine (C=N–C) groups is 1. The number of hydrogen-bond donors (Lipinski definition) is 0. The van der Waals surface area contributed by atoms with Crippen molar-refractivity contribution < 1.29 is 0 Å². The normalized spacial score (nSPS) is 23.0. The summed E-state index contributed by atoms with van der Waals surface area (Å²) in [5.41, 5.74) is 4.61. The molecule has 0 fully saturated rings. The molecular weight excluding hydrogens is 238 g/mol. The van der Waals surface area contributed by atoms with Crippen LogP contribution in [0, 0.1) is 0 Å². The van der Waals surface area contributed by atoms with Gasteiger partial charge in [0, 0.05) is 10.7 Å². The average molecular weight is 252 g/mol. The third-order valence-corrected chi connectivity index (χ3v) is 3.28. The molecule has 0 saturated heterocycles. The molecule has 0 aromatic heterocycles. The molecule has 74 valence electrons. The first-order valence-electron chi connectivity index (χ1n) is 4.52. The maximum Gasteiger partial charge on any atom is 0.0843 e. The molecule has 1 rings (SSSR count). The lowest BCUT2D eigenvalue weighted by Crippen LogP contribution is -2.08. The van der Waals surface area contributed by atoms with Crippen molar-refractivity contribution in [3.63, 3.8) is 0 Å². The van der Waals surface area contributed by atoms with Crippen LogP contribution in [0.1, 0.15) is 20.8 Å². The van der Waals surface area contributed by atoms with Gasteiger partial charge in [-0.15, -0.1) is 0 Å².